The van der Waals surface area contributed by atoms with E-state index in [2.05, 4.69) is 23.2 Å². The molecule has 3 rings (SSSR count). The predicted molar refractivity (Wildman–Crippen MR) is 67.7 cm³/mol. The van der Waals surface area contributed by atoms with E-state index in [0.717, 1.165) is 37.5 Å². The molecule has 2 aliphatic carbocycles. The Kier molecular flexibility index (Phi) is 3.21. The normalized spacial score (nSPS) is 20.1. The molecule has 1 N–H and O–H groups in total. The van der Waals surface area contributed by atoms with Gasteiger partial charge in [0.2, 0.25) is 0 Å². The third-order valence-corrected chi connectivity index (χ3v) is 3.81. The first-order chi connectivity index (χ1) is 8.36. The molecule has 0 spiro atoms. The van der Waals surface area contributed by atoms with Gasteiger partial charge in [-0.05, 0) is 38.3 Å². The molecule has 0 aromatic carbocycles. The van der Waals surface area contributed by atoms with Crippen molar-refractivity contribution >= 4 is 0 Å². The molecule has 0 radical (unpaired) electrons. The van der Waals surface area contributed by atoms with Crippen LogP contribution >= 0.6 is 0 Å². The SMILES string of the molecule is CCN(Cc1ccoc1CNC1CC1)C1CC1. The standard InChI is InChI=1S/C14H22N2O/c1-2-16(13-5-6-13)10-11-7-8-17-14(11)9-15-12-3-4-12/h7-8,12-13,15H,2-6,9-10H2,1H3. The summed E-state index contributed by atoms with van der Waals surface area (Å²) in [6.07, 6.45) is 7.25. The summed E-state index contributed by atoms with van der Waals surface area (Å²) >= 11 is 0. The minimum absolute atomic E-state index is 0.749. The van der Waals surface area contributed by atoms with Crippen molar-refractivity contribution in [2.75, 3.05) is 6.54 Å². The summed E-state index contributed by atoms with van der Waals surface area (Å²) in [5, 5.41) is 3.52. The molecule has 1 aromatic rings. The van der Waals surface area contributed by atoms with Crippen LogP contribution in [0.5, 0.6) is 0 Å². The molecule has 0 saturated heterocycles. The first-order valence-corrected chi connectivity index (χ1v) is 6.89. The Labute approximate surface area is 103 Å². The zero-order valence-corrected chi connectivity index (χ0v) is 10.6. The van der Waals surface area contributed by atoms with Gasteiger partial charge in [-0.1, -0.05) is 6.92 Å². The Balaban J connectivity index is 1.58. The highest BCUT2D eigenvalue weighted by atomic mass is 16.3. The van der Waals surface area contributed by atoms with E-state index in [4.69, 9.17) is 4.42 Å². The maximum absolute atomic E-state index is 5.60. The molecule has 94 valence electrons. The molecule has 0 aliphatic heterocycles. The summed E-state index contributed by atoms with van der Waals surface area (Å²) in [5.41, 5.74) is 1.37. The number of hydrogen-bond acceptors (Lipinski definition) is 3. The van der Waals surface area contributed by atoms with E-state index in [1.807, 2.05) is 6.26 Å². The van der Waals surface area contributed by atoms with E-state index in [-0.39, 0.29) is 0 Å². The maximum atomic E-state index is 5.60. The fourth-order valence-corrected chi connectivity index (χ4v) is 2.35. The smallest absolute Gasteiger partial charge is 0.122 e. The monoisotopic (exact) mass is 234 g/mol. The van der Waals surface area contributed by atoms with Crippen LogP contribution in [-0.2, 0) is 13.1 Å². The fraction of sp³-hybridized carbons (Fsp3) is 0.714. The van der Waals surface area contributed by atoms with Gasteiger partial charge in [-0.15, -0.1) is 0 Å². The number of hydrogen-bond donors (Lipinski definition) is 1. The van der Waals surface area contributed by atoms with Crippen molar-refractivity contribution in [3.8, 4) is 0 Å². The van der Waals surface area contributed by atoms with Crippen LogP contribution in [0.3, 0.4) is 0 Å². The molecule has 1 heterocycles. The summed E-state index contributed by atoms with van der Waals surface area (Å²) in [4.78, 5) is 2.56. The summed E-state index contributed by atoms with van der Waals surface area (Å²) in [6.45, 7) is 5.35. The number of rotatable bonds is 7. The van der Waals surface area contributed by atoms with Crippen molar-refractivity contribution < 1.29 is 4.42 Å². The van der Waals surface area contributed by atoms with Gasteiger partial charge in [-0.2, -0.15) is 0 Å². The molecule has 2 aliphatic rings. The topological polar surface area (TPSA) is 28.4 Å². The van der Waals surface area contributed by atoms with Crippen LogP contribution in [0.2, 0.25) is 0 Å². The van der Waals surface area contributed by atoms with E-state index < -0.39 is 0 Å². The number of nitrogens with one attached hydrogen (secondary N) is 1. The van der Waals surface area contributed by atoms with Crippen molar-refractivity contribution in [2.45, 2.75) is 57.8 Å². The van der Waals surface area contributed by atoms with Gasteiger partial charge in [-0.25, -0.2) is 0 Å². The second-order valence-electron chi connectivity index (χ2n) is 5.32. The van der Waals surface area contributed by atoms with Gasteiger partial charge in [0.05, 0.1) is 12.8 Å². The minimum atomic E-state index is 0.749. The molecule has 3 nitrogen and oxygen atoms in total. The summed E-state index contributed by atoms with van der Waals surface area (Å²) < 4.78 is 5.60. The zero-order valence-electron chi connectivity index (χ0n) is 10.6. The molecule has 0 atom stereocenters. The number of nitrogens with zero attached hydrogens (tertiary/aromatic N) is 1. The molecule has 0 amide bonds. The molecular formula is C14H22N2O. The third kappa shape index (κ3) is 2.90. The molecular weight excluding hydrogens is 212 g/mol. The fourth-order valence-electron chi connectivity index (χ4n) is 2.35. The highest BCUT2D eigenvalue weighted by Crippen LogP contribution is 2.29. The van der Waals surface area contributed by atoms with Crippen LogP contribution in [0, 0.1) is 0 Å². The molecule has 3 heteroatoms. The Morgan fingerprint density at radius 3 is 2.82 bits per heavy atom. The average Bonchev–Trinajstić information content (AvgIpc) is 3.24. The Hall–Kier alpha value is -0.800. The Morgan fingerprint density at radius 2 is 2.18 bits per heavy atom. The van der Waals surface area contributed by atoms with E-state index >= 15 is 0 Å². The molecule has 0 unspecified atom stereocenters. The van der Waals surface area contributed by atoms with Gasteiger partial charge < -0.3 is 9.73 Å². The lowest BCUT2D eigenvalue weighted by Gasteiger charge is -2.19. The quantitative estimate of drug-likeness (QED) is 0.786. The van der Waals surface area contributed by atoms with Crippen LogP contribution in [0.15, 0.2) is 16.7 Å². The van der Waals surface area contributed by atoms with E-state index in [1.54, 1.807) is 0 Å². The van der Waals surface area contributed by atoms with Crippen LogP contribution in [-0.4, -0.2) is 23.5 Å². The van der Waals surface area contributed by atoms with Crippen molar-refractivity contribution in [2.24, 2.45) is 0 Å². The van der Waals surface area contributed by atoms with Crippen molar-refractivity contribution in [3.63, 3.8) is 0 Å². The van der Waals surface area contributed by atoms with Gasteiger partial charge in [0.25, 0.3) is 0 Å². The van der Waals surface area contributed by atoms with Gasteiger partial charge in [0.15, 0.2) is 0 Å². The molecule has 1 aromatic heterocycles. The van der Waals surface area contributed by atoms with Crippen LogP contribution < -0.4 is 5.32 Å². The lowest BCUT2D eigenvalue weighted by atomic mass is 10.2. The summed E-state index contributed by atoms with van der Waals surface area (Å²) in [7, 11) is 0. The van der Waals surface area contributed by atoms with Crippen molar-refractivity contribution in [1.82, 2.24) is 10.2 Å². The van der Waals surface area contributed by atoms with Crippen LogP contribution in [0.25, 0.3) is 0 Å². The molecule has 17 heavy (non-hydrogen) atoms. The van der Waals surface area contributed by atoms with Gasteiger partial charge >= 0.3 is 0 Å². The molecule has 2 fully saturated rings. The number of furan rings is 1. The van der Waals surface area contributed by atoms with E-state index in [9.17, 15) is 0 Å². The maximum Gasteiger partial charge on any atom is 0.122 e. The van der Waals surface area contributed by atoms with Crippen LogP contribution in [0.4, 0.5) is 0 Å². The van der Waals surface area contributed by atoms with E-state index in [0.29, 0.717) is 0 Å². The highest BCUT2D eigenvalue weighted by Gasteiger charge is 2.28. The van der Waals surface area contributed by atoms with Gasteiger partial charge in [0, 0.05) is 24.2 Å². The van der Waals surface area contributed by atoms with Crippen molar-refractivity contribution in [1.29, 1.82) is 0 Å². The second kappa shape index (κ2) is 4.83. The zero-order chi connectivity index (χ0) is 11.7. The first kappa shape index (κ1) is 11.3. The predicted octanol–water partition coefficient (Wildman–Crippen LogP) is 2.52. The van der Waals surface area contributed by atoms with E-state index in [1.165, 1.54) is 31.2 Å². The second-order valence-corrected chi connectivity index (χ2v) is 5.32. The third-order valence-electron chi connectivity index (χ3n) is 3.81. The minimum Gasteiger partial charge on any atom is -0.468 e. The van der Waals surface area contributed by atoms with Gasteiger partial charge in [-0.3, -0.25) is 4.90 Å². The average molecular weight is 234 g/mol. The Bertz CT molecular complexity index is 366. The lowest BCUT2D eigenvalue weighted by molar-refractivity contribution is 0.266. The first-order valence-electron chi connectivity index (χ1n) is 6.89. The van der Waals surface area contributed by atoms with Gasteiger partial charge in [0.1, 0.15) is 5.76 Å². The highest BCUT2D eigenvalue weighted by molar-refractivity contribution is 5.17. The summed E-state index contributed by atoms with van der Waals surface area (Å²) in [6, 6.07) is 3.72. The lowest BCUT2D eigenvalue weighted by Crippen LogP contribution is -2.26. The summed E-state index contributed by atoms with van der Waals surface area (Å²) in [5.74, 6) is 1.14. The van der Waals surface area contributed by atoms with Crippen molar-refractivity contribution in [3.05, 3.63) is 23.7 Å². The molecule has 0 bridgehead atoms. The Morgan fingerprint density at radius 1 is 1.35 bits per heavy atom. The molecule has 2 saturated carbocycles. The van der Waals surface area contributed by atoms with Crippen LogP contribution in [0.1, 0.15) is 43.9 Å². The largest absolute Gasteiger partial charge is 0.468 e.